The number of H-pyrrole nitrogens is 1. The van der Waals surface area contributed by atoms with E-state index in [1.807, 2.05) is 41.8 Å². The molecule has 0 aliphatic rings. The van der Waals surface area contributed by atoms with E-state index in [1.165, 1.54) is 11.3 Å². The van der Waals surface area contributed by atoms with Gasteiger partial charge in [-0.15, -0.1) is 22.7 Å². The van der Waals surface area contributed by atoms with Crippen molar-refractivity contribution in [3.63, 3.8) is 0 Å². The Labute approximate surface area is 217 Å². The van der Waals surface area contributed by atoms with E-state index in [0.717, 1.165) is 28.0 Å². The summed E-state index contributed by atoms with van der Waals surface area (Å²) in [7, 11) is 0. The molecule has 37 heavy (non-hydrogen) atoms. The lowest BCUT2D eigenvalue weighted by molar-refractivity contribution is -0.144. The Balaban J connectivity index is 0.000000176. The largest absolute Gasteiger partial charge is 0.462 e. The number of nitrogen functional groups attached to an aromatic ring is 1. The summed E-state index contributed by atoms with van der Waals surface area (Å²) in [6.07, 6.45) is -4.66. The SMILES string of the molecule is CCOC(=O)c1c(-c2ccccc2)csc1N.O=c1[nH]c(C(F)(F)F)nc2scc(-c3ccccc3)c12. The van der Waals surface area contributed by atoms with Gasteiger partial charge in [0.05, 0.1) is 12.0 Å². The van der Waals surface area contributed by atoms with Crippen LogP contribution in [0.5, 0.6) is 0 Å². The number of aromatic nitrogens is 2. The second-order valence-electron chi connectivity index (χ2n) is 7.58. The first-order valence-corrected chi connectivity index (χ1v) is 12.7. The van der Waals surface area contributed by atoms with Gasteiger partial charge in [0.1, 0.15) is 15.4 Å². The van der Waals surface area contributed by atoms with Crippen LogP contribution in [0.3, 0.4) is 0 Å². The second kappa shape index (κ2) is 11.0. The molecule has 0 saturated heterocycles. The summed E-state index contributed by atoms with van der Waals surface area (Å²) < 4.78 is 42.8. The monoisotopic (exact) mass is 543 g/mol. The third kappa shape index (κ3) is 5.73. The number of ether oxygens (including phenoxy) is 1. The van der Waals surface area contributed by atoms with Crippen molar-refractivity contribution in [1.82, 2.24) is 9.97 Å². The van der Waals surface area contributed by atoms with Gasteiger partial charge in [-0.3, -0.25) is 4.79 Å². The fraction of sp³-hybridized carbons (Fsp3) is 0.115. The Morgan fingerprint density at radius 2 is 1.54 bits per heavy atom. The maximum absolute atomic E-state index is 12.6. The number of fused-ring (bicyclic) bond motifs is 1. The first-order valence-electron chi connectivity index (χ1n) is 10.9. The summed E-state index contributed by atoms with van der Waals surface area (Å²) in [5, 5.41) is 4.22. The van der Waals surface area contributed by atoms with Gasteiger partial charge >= 0.3 is 12.1 Å². The number of nitrogens with zero attached hydrogens (tertiary/aromatic N) is 1. The van der Waals surface area contributed by atoms with Crippen molar-refractivity contribution >= 4 is 43.9 Å². The number of esters is 1. The van der Waals surface area contributed by atoms with E-state index in [4.69, 9.17) is 10.5 Å². The van der Waals surface area contributed by atoms with Crippen molar-refractivity contribution in [3.05, 3.63) is 93.2 Å². The zero-order chi connectivity index (χ0) is 26.6. The number of hydrogen-bond acceptors (Lipinski definition) is 7. The van der Waals surface area contributed by atoms with Crippen LogP contribution in [0.2, 0.25) is 0 Å². The molecule has 3 aromatic heterocycles. The molecule has 3 heterocycles. The van der Waals surface area contributed by atoms with Crippen LogP contribution in [-0.2, 0) is 10.9 Å². The zero-order valence-electron chi connectivity index (χ0n) is 19.3. The molecule has 3 N–H and O–H groups in total. The van der Waals surface area contributed by atoms with Crippen LogP contribution in [0.25, 0.3) is 32.5 Å². The average Bonchev–Trinajstić information content (AvgIpc) is 3.49. The number of rotatable bonds is 4. The van der Waals surface area contributed by atoms with E-state index in [9.17, 15) is 22.8 Å². The van der Waals surface area contributed by atoms with Crippen LogP contribution in [0, 0.1) is 0 Å². The summed E-state index contributed by atoms with van der Waals surface area (Å²) in [4.78, 5) is 29.1. The van der Waals surface area contributed by atoms with Crippen LogP contribution in [0.4, 0.5) is 18.2 Å². The van der Waals surface area contributed by atoms with Gasteiger partial charge in [-0.25, -0.2) is 9.78 Å². The van der Waals surface area contributed by atoms with Gasteiger partial charge in [-0.1, -0.05) is 60.7 Å². The number of nitrogens with two attached hydrogens (primary N) is 1. The molecule has 11 heteroatoms. The Bertz CT molecular complexity index is 1580. The fourth-order valence-electron chi connectivity index (χ4n) is 3.53. The Hall–Kier alpha value is -3.96. The summed E-state index contributed by atoms with van der Waals surface area (Å²) in [5.41, 5.74) is 8.70. The van der Waals surface area contributed by atoms with Crippen molar-refractivity contribution in [3.8, 4) is 22.3 Å². The van der Waals surface area contributed by atoms with Gasteiger partial charge in [-0.05, 0) is 18.1 Å². The minimum Gasteiger partial charge on any atom is -0.462 e. The highest BCUT2D eigenvalue weighted by Crippen LogP contribution is 2.34. The number of alkyl halides is 3. The summed E-state index contributed by atoms with van der Waals surface area (Å²) in [6.45, 7) is 2.13. The molecule has 0 fully saturated rings. The highest BCUT2D eigenvalue weighted by molar-refractivity contribution is 7.17. The molecule has 5 rings (SSSR count). The highest BCUT2D eigenvalue weighted by atomic mass is 32.1. The standard InChI is InChI=1S/C13H7F3N2OS.C13H13NO2S/c14-13(15,16)12-17-10(19)9-8(6-20-11(9)18-12)7-4-2-1-3-5-7;1-2-16-13(15)11-10(8-17-12(11)14)9-6-4-3-5-7-9/h1-6H,(H,17,18,19);3-8H,2,14H2,1H3. The summed E-state index contributed by atoms with van der Waals surface area (Å²) in [6, 6.07) is 18.7. The van der Waals surface area contributed by atoms with E-state index in [1.54, 1.807) is 41.6 Å². The lowest BCUT2D eigenvalue weighted by atomic mass is 10.0. The lowest BCUT2D eigenvalue weighted by Gasteiger charge is -2.05. The minimum absolute atomic E-state index is 0.0833. The van der Waals surface area contributed by atoms with E-state index >= 15 is 0 Å². The molecule has 0 saturated carbocycles. The van der Waals surface area contributed by atoms with Crippen molar-refractivity contribution in [2.75, 3.05) is 12.3 Å². The molecule has 6 nitrogen and oxygen atoms in total. The molecule has 0 bridgehead atoms. The molecule has 0 aliphatic heterocycles. The molecule has 0 amide bonds. The van der Waals surface area contributed by atoms with Gasteiger partial charge in [0, 0.05) is 21.9 Å². The number of nitrogens with one attached hydrogen (secondary N) is 1. The van der Waals surface area contributed by atoms with Crippen LogP contribution in [-0.4, -0.2) is 22.5 Å². The fourth-order valence-corrected chi connectivity index (χ4v) is 5.29. The number of thiophene rings is 2. The predicted molar refractivity (Wildman–Crippen MR) is 141 cm³/mol. The van der Waals surface area contributed by atoms with Gasteiger partial charge < -0.3 is 15.5 Å². The first-order chi connectivity index (χ1) is 17.7. The molecule has 2 aromatic carbocycles. The first kappa shape index (κ1) is 26.1. The Morgan fingerprint density at radius 1 is 0.973 bits per heavy atom. The van der Waals surface area contributed by atoms with Gasteiger partial charge in [0.2, 0.25) is 5.82 Å². The Kier molecular flexibility index (Phi) is 7.74. The summed E-state index contributed by atoms with van der Waals surface area (Å²) >= 11 is 2.38. The number of aromatic amines is 1. The molecule has 0 atom stereocenters. The van der Waals surface area contributed by atoms with Crippen molar-refractivity contribution in [1.29, 1.82) is 0 Å². The van der Waals surface area contributed by atoms with Crippen molar-refractivity contribution in [2.24, 2.45) is 0 Å². The quantitative estimate of drug-likeness (QED) is 0.242. The lowest BCUT2D eigenvalue weighted by Crippen LogP contribution is -2.18. The van der Waals surface area contributed by atoms with Crippen LogP contribution in [0.15, 0.2) is 76.2 Å². The average molecular weight is 544 g/mol. The molecular weight excluding hydrogens is 523 g/mol. The molecule has 0 aliphatic carbocycles. The molecule has 0 radical (unpaired) electrons. The van der Waals surface area contributed by atoms with Gasteiger partial charge in [0.25, 0.3) is 5.56 Å². The summed E-state index contributed by atoms with van der Waals surface area (Å²) in [5.74, 6) is -1.62. The third-order valence-electron chi connectivity index (χ3n) is 5.18. The number of carbonyl (C=O) groups is 1. The topological polar surface area (TPSA) is 98.1 Å². The minimum atomic E-state index is -4.66. The van der Waals surface area contributed by atoms with Crippen LogP contribution >= 0.6 is 22.7 Å². The molecule has 190 valence electrons. The number of hydrogen-bond donors (Lipinski definition) is 2. The van der Waals surface area contributed by atoms with Crippen molar-refractivity contribution < 1.29 is 22.7 Å². The normalized spacial score (nSPS) is 11.1. The van der Waals surface area contributed by atoms with Crippen LogP contribution < -0.4 is 11.3 Å². The van der Waals surface area contributed by atoms with E-state index < -0.39 is 17.6 Å². The number of carbonyl (C=O) groups excluding carboxylic acids is 1. The van der Waals surface area contributed by atoms with Gasteiger partial charge in [0.15, 0.2) is 0 Å². The van der Waals surface area contributed by atoms with Crippen molar-refractivity contribution in [2.45, 2.75) is 13.1 Å². The number of anilines is 1. The molecular formula is C26H20F3N3O3S2. The highest BCUT2D eigenvalue weighted by Gasteiger charge is 2.35. The Morgan fingerprint density at radius 3 is 2.11 bits per heavy atom. The molecule has 0 spiro atoms. The maximum atomic E-state index is 12.6. The smallest absolute Gasteiger partial charge is 0.449 e. The van der Waals surface area contributed by atoms with E-state index in [-0.39, 0.29) is 16.2 Å². The second-order valence-corrected chi connectivity index (χ2v) is 9.35. The third-order valence-corrected chi connectivity index (χ3v) is 6.86. The number of halogens is 3. The van der Waals surface area contributed by atoms with E-state index in [2.05, 4.69) is 4.98 Å². The number of benzene rings is 2. The van der Waals surface area contributed by atoms with Gasteiger partial charge in [-0.2, -0.15) is 13.2 Å². The predicted octanol–water partition coefficient (Wildman–Crippen LogP) is 6.84. The molecule has 5 aromatic rings. The zero-order valence-corrected chi connectivity index (χ0v) is 21.0. The van der Waals surface area contributed by atoms with Crippen LogP contribution in [0.1, 0.15) is 23.1 Å². The molecule has 0 unspecified atom stereocenters. The van der Waals surface area contributed by atoms with E-state index in [0.29, 0.717) is 22.7 Å². The maximum Gasteiger partial charge on any atom is 0.449 e.